The molecule has 0 unspecified atom stereocenters. The quantitative estimate of drug-likeness (QED) is 0.141. The molecule has 5 nitrogen and oxygen atoms in total. The van der Waals surface area contributed by atoms with Crippen LogP contribution >= 0.6 is 0 Å². The van der Waals surface area contributed by atoms with Crippen molar-refractivity contribution in [1.29, 1.82) is 0 Å². The topological polar surface area (TPSA) is 22.2 Å². The Hall–Kier alpha value is -8.37. The summed E-state index contributed by atoms with van der Waals surface area (Å²) in [6.45, 7) is 28.0. The van der Waals surface area contributed by atoms with E-state index in [-0.39, 0.29) is 21.7 Å². The van der Waals surface area contributed by atoms with E-state index in [1.54, 1.807) is 0 Å². The van der Waals surface area contributed by atoms with Gasteiger partial charge in [0, 0.05) is 0 Å². The van der Waals surface area contributed by atoms with Gasteiger partial charge in [0.05, 0.1) is 0 Å². The van der Waals surface area contributed by atoms with Crippen molar-refractivity contribution >= 4 is 53.8 Å². The monoisotopic (exact) mass is 1330 g/mol. The molecule has 0 aromatic heterocycles. The predicted molar refractivity (Wildman–Crippen MR) is 366 cm³/mol. The summed E-state index contributed by atoms with van der Waals surface area (Å²) in [5, 5.41) is 0. The van der Waals surface area contributed by atoms with Crippen LogP contribution in [0, 0.1) is 12.1 Å². The Kier molecular flexibility index (Phi) is 13.2. The third-order valence-electron chi connectivity index (χ3n) is 18.5. The predicted octanol–water partition coefficient (Wildman–Crippen LogP) is 21.0. The second-order valence-electron chi connectivity index (χ2n) is 28.8. The second-order valence-corrected chi connectivity index (χ2v) is 31.4. The maximum absolute atomic E-state index is 7.34. The molecule has 6 heteroatoms. The molecule has 10 aromatic rings. The van der Waals surface area contributed by atoms with Crippen LogP contribution in [-0.2, 0) is 65.0 Å². The summed E-state index contributed by atoms with van der Waals surface area (Å²) in [6.07, 6.45) is 3.71. The first-order chi connectivity index (χ1) is 42.1. The van der Waals surface area contributed by atoms with Crippen LogP contribution in [0.1, 0.15) is 128 Å². The van der Waals surface area contributed by atoms with Gasteiger partial charge < -0.3 is 0 Å². The first kappa shape index (κ1) is 56.2. The fourth-order valence-electron chi connectivity index (χ4n) is 13.2. The number of hydrogen-bond acceptors (Lipinski definition) is 5. The number of fused-ring (bicyclic) bond motifs is 14. The Morgan fingerprint density at radius 2 is 0.580 bits per heavy atom. The fraction of sp³-hybridized carbons (Fsp3) is 0.244. The molecule has 88 heavy (non-hydrogen) atoms. The van der Waals surface area contributed by atoms with Gasteiger partial charge in [-0.05, 0) is 0 Å². The molecular weight excluding hydrogens is 1250 g/mol. The Balaban J connectivity index is 1.21. The average Bonchev–Trinajstić information content (AvgIpc) is 1.56. The zero-order chi connectivity index (χ0) is 60.8. The molecule has 442 valence electrons. The Bertz CT molecular complexity index is 4110. The van der Waals surface area contributed by atoms with Gasteiger partial charge in [-0.3, -0.25) is 0 Å². The first-order valence-electron chi connectivity index (χ1n) is 31.4. The Labute approximate surface area is 529 Å². The molecule has 19 rings (SSSR count). The van der Waals surface area contributed by atoms with Gasteiger partial charge in [0.15, 0.2) is 0 Å². The normalized spacial score (nSPS) is 15.1. The number of rotatable bonds is 0. The number of hydrogen-bond donors (Lipinski definition) is 0. The van der Waals surface area contributed by atoms with Crippen LogP contribution in [0.25, 0.3) is 44.5 Å². The van der Waals surface area contributed by atoms with Gasteiger partial charge in [-0.15, -0.1) is 0 Å². The Morgan fingerprint density at radius 1 is 0.318 bits per heavy atom. The zero-order valence-corrected chi connectivity index (χ0v) is 55.1. The van der Waals surface area contributed by atoms with Crippen LogP contribution < -0.4 is 24.3 Å². The van der Waals surface area contributed by atoms with Crippen molar-refractivity contribution in [2.24, 2.45) is 0 Å². The zero-order valence-electron chi connectivity index (χ0n) is 52.8. The van der Waals surface area contributed by atoms with E-state index in [9.17, 15) is 0 Å². The van der Waals surface area contributed by atoms with Crippen LogP contribution in [0.15, 0.2) is 194 Å². The summed E-state index contributed by atoms with van der Waals surface area (Å²) < 4.78 is 9.70. The Morgan fingerprint density at radius 3 is 0.852 bits per heavy atom. The summed E-state index contributed by atoms with van der Waals surface area (Å²) in [6, 6.07) is 83.8. The van der Waals surface area contributed by atoms with E-state index in [0.717, 1.165) is 82.3 Å². The number of benzene rings is 10. The van der Waals surface area contributed by atoms with E-state index in [0.29, 0.717) is 11.5 Å². The molecule has 0 saturated carbocycles. The molecule has 0 radical (unpaired) electrons. The number of aryl methyl sites for hydroxylation is 4. The average molecular weight is 1330 g/mol. The van der Waals surface area contributed by atoms with E-state index in [1.165, 1.54) is 86.2 Å². The third-order valence-corrected chi connectivity index (χ3v) is 21.6. The van der Waals surface area contributed by atoms with E-state index < -0.39 is 17.6 Å². The number of ether oxygens (including phenoxy) is 1. The van der Waals surface area contributed by atoms with Crippen molar-refractivity contribution < 1.29 is 22.4 Å². The van der Waals surface area contributed by atoms with Gasteiger partial charge in [0.2, 0.25) is 0 Å². The van der Waals surface area contributed by atoms with Gasteiger partial charge in [-0.2, -0.15) is 0 Å². The summed E-state index contributed by atoms with van der Waals surface area (Å²) in [5.74, 6) is 1.32. The maximum atomic E-state index is 7.34. The van der Waals surface area contributed by atoms with Gasteiger partial charge in [-0.1, -0.05) is 0 Å². The fourth-order valence-corrected chi connectivity index (χ4v) is 16.8. The van der Waals surface area contributed by atoms with Gasteiger partial charge in [0.25, 0.3) is 0 Å². The first-order valence-corrected chi connectivity index (χ1v) is 33.7. The van der Waals surface area contributed by atoms with Crippen LogP contribution in [0.3, 0.4) is 0 Å². The van der Waals surface area contributed by atoms with Crippen LogP contribution in [0.5, 0.6) is 11.5 Å². The molecule has 0 atom stereocenters. The summed E-state index contributed by atoms with van der Waals surface area (Å²) in [5.41, 5.74) is 27.5. The van der Waals surface area contributed by atoms with E-state index >= 15 is 0 Å². The minimum absolute atomic E-state index is 0.173. The molecule has 10 aromatic carbocycles. The minimum atomic E-state index is -1.37. The van der Waals surface area contributed by atoms with Crippen molar-refractivity contribution in [2.75, 3.05) is 19.6 Å². The molecule has 0 fully saturated rings. The van der Waals surface area contributed by atoms with Crippen LogP contribution in [0.2, 0.25) is 0 Å². The summed E-state index contributed by atoms with van der Waals surface area (Å²) in [4.78, 5) is 10.5. The van der Waals surface area contributed by atoms with Gasteiger partial charge >= 0.3 is 533 Å². The van der Waals surface area contributed by atoms with Crippen molar-refractivity contribution in [3.8, 4) is 56.0 Å². The molecule has 16 bridgehead atoms. The molecule has 0 saturated heterocycles. The molecule has 0 amide bonds. The number of anilines is 8. The molecule has 0 aliphatic carbocycles. The number of nitrogens with zero attached hydrogens (tertiary/aromatic N) is 4. The van der Waals surface area contributed by atoms with Crippen molar-refractivity contribution in [3.05, 3.63) is 251 Å². The van der Waals surface area contributed by atoms with Crippen molar-refractivity contribution in [3.63, 3.8) is 0 Å². The van der Waals surface area contributed by atoms with Crippen LogP contribution in [0.4, 0.5) is 45.5 Å². The van der Waals surface area contributed by atoms with E-state index in [2.05, 4.69) is 309 Å². The van der Waals surface area contributed by atoms with Crippen LogP contribution in [-0.4, -0.2) is 8.29 Å². The second kappa shape index (κ2) is 20.6. The number of para-hydroxylation sites is 4. The molecule has 9 heterocycles. The van der Waals surface area contributed by atoms with Gasteiger partial charge in [-0.25, -0.2) is 0 Å². The molecule has 0 spiro atoms. The summed E-state index contributed by atoms with van der Waals surface area (Å²) in [7, 11) is 0. The SMILES string of the molecule is CC(C)(C)c1cc2[c-]c(c1)N1[C]3=[Pt]=[C]4N(c5[c-]c(cc(C(C)(C)C)c5)O2)c2ccccc2N4c2c4cc(C(C)(C)C)cc2-c2ccc(cc2)CCc2ccc(cc2)-c2cc(C(C)(C)C)cc(c2N3c2ccccc21)-c1ccc(cc1)CCc1ccc-4cc1. The van der Waals surface area contributed by atoms with Crippen molar-refractivity contribution in [2.45, 2.75) is 130 Å². The molecule has 9 aliphatic rings. The third kappa shape index (κ3) is 9.80. The molecule has 0 N–H and O–H groups in total. The van der Waals surface area contributed by atoms with Crippen molar-refractivity contribution in [1.82, 2.24) is 0 Å². The standard InChI is InChI=1S/C82H76N4O.Pt/c1-79(2,3)61-41-65-49-67(43-61)87-68-44-62(80(4,5)6)42-66(50-68)84-52-86(76-20-16-14-18-74(76)84)78-71-47-64(82(10,11)12)48-72(78)60-39-31-56(32-40-60)24-22-54-27-35-58(36-28-54)70-46-63(81(7,8)9)45-69(77(70)85-51-83(65)73-17-13-15-19-75(73)85)57-33-25-53(26-34-57)21-23-55-29-37-59(71)38-30-55;/h13-20,25-48H,21-24H2,1-12H3;/q-2;. The molecule has 9 aliphatic heterocycles. The molecular formula is C82H76N4OPt-2. The van der Waals surface area contributed by atoms with E-state index in [1.807, 2.05) is 0 Å². The van der Waals surface area contributed by atoms with E-state index in [4.69, 9.17) is 4.74 Å². The summed E-state index contributed by atoms with van der Waals surface area (Å²) >= 11 is -1.37. The van der Waals surface area contributed by atoms with Gasteiger partial charge in [0.1, 0.15) is 0 Å².